The predicted octanol–water partition coefficient (Wildman–Crippen LogP) is 2.32. The topological polar surface area (TPSA) is 125 Å². The molecule has 1 saturated carbocycles. The minimum atomic E-state index is -0.789. The van der Waals surface area contributed by atoms with Crippen LogP contribution in [-0.2, 0) is 16.1 Å². The van der Waals surface area contributed by atoms with E-state index >= 15 is 0 Å². The van der Waals surface area contributed by atoms with E-state index < -0.39 is 11.9 Å². The quantitative estimate of drug-likeness (QED) is 0.562. The fraction of sp³-hybridized carbons (Fsp3) is 0.500. The molecule has 1 atom stereocenters. The number of carbonyl (C=O) groups is 3. The van der Waals surface area contributed by atoms with Crippen LogP contribution in [0.3, 0.4) is 0 Å². The molecule has 9 nitrogen and oxygen atoms in total. The minimum Gasteiger partial charge on any atom is -0.508 e. The second-order valence-electron chi connectivity index (χ2n) is 8.76. The van der Waals surface area contributed by atoms with E-state index in [1.807, 2.05) is 6.92 Å². The Morgan fingerprint density at radius 2 is 1.91 bits per heavy atom. The van der Waals surface area contributed by atoms with Crippen molar-refractivity contribution in [1.29, 1.82) is 0 Å². The van der Waals surface area contributed by atoms with Crippen LogP contribution in [0.5, 0.6) is 5.75 Å². The second kappa shape index (κ2) is 10.1. The highest BCUT2D eigenvalue weighted by Gasteiger charge is 2.35. The maximum absolute atomic E-state index is 13.2. The molecular formula is C24H30N4O5. The molecule has 33 heavy (non-hydrogen) atoms. The van der Waals surface area contributed by atoms with E-state index in [1.54, 1.807) is 35.2 Å². The molecule has 3 N–H and O–H groups in total. The van der Waals surface area contributed by atoms with Crippen LogP contribution >= 0.6 is 0 Å². The van der Waals surface area contributed by atoms with Gasteiger partial charge < -0.3 is 25.2 Å². The fourth-order valence-electron chi connectivity index (χ4n) is 4.23. The van der Waals surface area contributed by atoms with Crippen molar-refractivity contribution in [3.8, 4) is 5.75 Å². The molecule has 1 aliphatic heterocycles. The lowest BCUT2D eigenvalue weighted by Crippen LogP contribution is -2.53. The number of carbonyl (C=O) groups excluding carboxylic acids is 3. The van der Waals surface area contributed by atoms with Crippen LogP contribution in [0.4, 0.5) is 0 Å². The van der Waals surface area contributed by atoms with Gasteiger partial charge in [-0.05, 0) is 37.7 Å². The maximum atomic E-state index is 13.2. The average molecular weight is 455 g/mol. The van der Waals surface area contributed by atoms with E-state index in [1.165, 1.54) is 0 Å². The number of phenolic OH excluding ortho intramolecular Hbond substituents is 1. The van der Waals surface area contributed by atoms with Gasteiger partial charge in [0.05, 0.1) is 0 Å². The number of para-hydroxylation sites is 1. The van der Waals surface area contributed by atoms with Crippen molar-refractivity contribution in [3.05, 3.63) is 47.3 Å². The van der Waals surface area contributed by atoms with Crippen molar-refractivity contribution in [1.82, 2.24) is 20.7 Å². The normalized spacial score (nSPS) is 17.4. The largest absolute Gasteiger partial charge is 0.508 e. The van der Waals surface area contributed by atoms with Crippen LogP contribution in [0.1, 0.15) is 66.8 Å². The third-order valence-electron chi connectivity index (χ3n) is 6.42. The number of nitrogens with one attached hydrogen (secondary N) is 2. The number of piperidine rings is 1. The zero-order valence-electron chi connectivity index (χ0n) is 18.8. The molecule has 1 saturated heterocycles. The summed E-state index contributed by atoms with van der Waals surface area (Å²) in [4.78, 5) is 39.9. The number of aromatic nitrogens is 1. The van der Waals surface area contributed by atoms with Gasteiger partial charge in [-0.25, -0.2) is 0 Å². The van der Waals surface area contributed by atoms with Gasteiger partial charge in [-0.15, -0.1) is 0 Å². The van der Waals surface area contributed by atoms with Crippen molar-refractivity contribution in [2.24, 2.45) is 5.92 Å². The molecule has 1 unspecified atom stereocenters. The number of hydrogen-bond acceptors (Lipinski definition) is 6. The molecule has 2 aromatic rings. The van der Waals surface area contributed by atoms with Crippen molar-refractivity contribution in [2.75, 3.05) is 13.1 Å². The Hall–Kier alpha value is -3.36. The average Bonchev–Trinajstić information content (AvgIpc) is 3.57. The summed E-state index contributed by atoms with van der Waals surface area (Å²) in [5, 5.41) is 19.5. The smallest absolute Gasteiger partial charge is 0.274 e. The number of nitrogens with zero attached hydrogens (tertiary/aromatic N) is 2. The highest BCUT2D eigenvalue weighted by Crippen LogP contribution is 2.40. The number of aromatic hydroxyl groups is 1. The fourth-order valence-corrected chi connectivity index (χ4v) is 4.23. The van der Waals surface area contributed by atoms with Crippen LogP contribution in [0.2, 0.25) is 0 Å². The molecule has 1 aromatic carbocycles. The summed E-state index contributed by atoms with van der Waals surface area (Å²) in [6.07, 6.45) is 3.71. The number of likely N-dealkylation sites (tertiary alicyclic amines) is 1. The standard InChI is InChI=1S/C24H30N4O5/c1-2-21(30)28-11-9-16(10-12-28)22(24(32)25-14-17-5-3-4-6-19(17)29)26-23(31)18-13-20(33-27-18)15-7-8-15/h3-6,13,15-16,22,29H,2,7-12,14H2,1H3,(H,25,32)(H,26,31). The number of rotatable bonds is 8. The van der Waals surface area contributed by atoms with Crippen molar-refractivity contribution < 1.29 is 24.0 Å². The summed E-state index contributed by atoms with van der Waals surface area (Å²) in [6, 6.07) is 7.64. The van der Waals surface area contributed by atoms with Gasteiger partial charge in [-0.1, -0.05) is 30.3 Å². The lowest BCUT2D eigenvalue weighted by Gasteiger charge is -2.35. The van der Waals surface area contributed by atoms with E-state index in [-0.39, 0.29) is 35.7 Å². The first kappa shape index (κ1) is 22.8. The third-order valence-corrected chi connectivity index (χ3v) is 6.42. The van der Waals surface area contributed by atoms with Crippen molar-refractivity contribution in [3.63, 3.8) is 0 Å². The zero-order valence-corrected chi connectivity index (χ0v) is 18.8. The van der Waals surface area contributed by atoms with E-state index in [0.717, 1.165) is 12.8 Å². The summed E-state index contributed by atoms with van der Waals surface area (Å²) >= 11 is 0. The molecule has 4 rings (SSSR count). The van der Waals surface area contributed by atoms with E-state index in [9.17, 15) is 19.5 Å². The van der Waals surface area contributed by atoms with Gasteiger partial charge >= 0.3 is 0 Å². The van der Waals surface area contributed by atoms with Crippen LogP contribution in [0.15, 0.2) is 34.9 Å². The number of benzene rings is 1. The maximum Gasteiger partial charge on any atom is 0.274 e. The summed E-state index contributed by atoms with van der Waals surface area (Å²) in [5.41, 5.74) is 0.749. The number of hydrogen-bond donors (Lipinski definition) is 3. The molecule has 1 aliphatic carbocycles. The molecule has 0 bridgehead atoms. The summed E-state index contributed by atoms with van der Waals surface area (Å²) in [5.74, 6) is 0.296. The van der Waals surface area contributed by atoms with Crippen molar-refractivity contribution >= 4 is 17.7 Å². The molecule has 1 aromatic heterocycles. The van der Waals surface area contributed by atoms with Gasteiger partial charge in [0.2, 0.25) is 11.8 Å². The molecular weight excluding hydrogens is 424 g/mol. The summed E-state index contributed by atoms with van der Waals surface area (Å²) in [7, 11) is 0. The van der Waals surface area contributed by atoms with Gasteiger partial charge in [-0.2, -0.15) is 0 Å². The Kier molecular flexibility index (Phi) is 6.96. The monoisotopic (exact) mass is 454 g/mol. The number of amides is 3. The molecule has 0 spiro atoms. The number of phenols is 1. The molecule has 2 heterocycles. The molecule has 9 heteroatoms. The van der Waals surface area contributed by atoms with Crippen LogP contribution in [-0.4, -0.2) is 52.0 Å². The Morgan fingerprint density at radius 3 is 2.58 bits per heavy atom. The zero-order chi connectivity index (χ0) is 23.4. The highest BCUT2D eigenvalue weighted by atomic mass is 16.5. The first-order valence-corrected chi connectivity index (χ1v) is 11.6. The van der Waals surface area contributed by atoms with E-state index in [2.05, 4.69) is 15.8 Å². The Morgan fingerprint density at radius 1 is 1.18 bits per heavy atom. The van der Waals surface area contributed by atoms with Crippen LogP contribution in [0.25, 0.3) is 0 Å². The second-order valence-corrected chi connectivity index (χ2v) is 8.76. The minimum absolute atomic E-state index is 0.0910. The van der Waals surface area contributed by atoms with Gasteiger partial charge in [0.1, 0.15) is 17.6 Å². The Balaban J connectivity index is 1.44. The van der Waals surface area contributed by atoms with Gasteiger partial charge in [-0.3, -0.25) is 14.4 Å². The summed E-state index contributed by atoms with van der Waals surface area (Å²) < 4.78 is 5.29. The first-order valence-electron chi connectivity index (χ1n) is 11.6. The van der Waals surface area contributed by atoms with Gasteiger partial charge in [0.15, 0.2) is 5.69 Å². The molecule has 0 radical (unpaired) electrons. The lowest BCUT2D eigenvalue weighted by atomic mass is 9.88. The van der Waals surface area contributed by atoms with E-state index in [0.29, 0.717) is 49.6 Å². The van der Waals surface area contributed by atoms with Gasteiger partial charge in [0.25, 0.3) is 5.91 Å². The molecule has 2 fully saturated rings. The summed E-state index contributed by atoms with van der Waals surface area (Å²) in [6.45, 7) is 3.07. The third kappa shape index (κ3) is 5.53. The Labute approximate surface area is 192 Å². The Bertz CT molecular complexity index is 1010. The predicted molar refractivity (Wildman–Crippen MR) is 119 cm³/mol. The SMILES string of the molecule is CCC(=O)N1CCC(C(NC(=O)c2cc(C3CC3)on2)C(=O)NCc2ccccc2O)CC1. The molecule has 2 aliphatic rings. The van der Waals surface area contributed by atoms with Gasteiger partial charge in [0, 0.05) is 43.6 Å². The van der Waals surface area contributed by atoms with Crippen LogP contribution in [0, 0.1) is 5.92 Å². The highest BCUT2D eigenvalue weighted by molar-refractivity contribution is 5.96. The lowest BCUT2D eigenvalue weighted by molar-refractivity contribution is -0.132. The first-order chi connectivity index (χ1) is 16.0. The molecule has 3 amide bonds. The van der Waals surface area contributed by atoms with Crippen molar-refractivity contribution in [2.45, 2.75) is 57.5 Å². The molecule has 176 valence electrons. The van der Waals surface area contributed by atoms with E-state index in [4.69, 9.17) is 4.52 Å². The van der Waals surface area contributed by atoms with Crippen LogP contribution < -0.4 is 10.6 Å².